The van der Waals surface area contributed by atoms with Crippen LogP contribution in [0.4, 0.5) is 0 Å². The van der Waals surface area contributed by atoms with Gasteiger partial charge in [0.25, 0.3) is 0 Å². The number of para-hydroxylation sites is 1. The SMILES string of the molecule is CC[C@H](N)c1cc2ccccc2n1C. The van der Waals surface area contributed by atoms with Crippen molar-refractivity contribution in [1.82, 2.24) is 4.57 Å². The van der Waals surface area contributed by atoms with Gasteiger partial charge in [0.05, 0.1) is 0 Å². The monoisotopic (exact) mass is 188 g/mol. The number of nitrogens with two attached hydrogens (primary N) is 1. The molecule has 14 heavy (non-hydrogen) atoms. The van der Waals surface area contributed by atoms with E-state index in [-0.39, 0.29) is 6.04 Å². The second kappa shape index (κ2) is 3.46. The van der Waals surface area contributed by atoms with E-state index in [1.165, 1.54) is 16.6 Å². The summed E-state index contributed by atoms with van der Waals surface area (Å²) in [5, 5.41) is 1.27. The fourth-order valence-corrected chi connectivity index (χ4v) is 1.88. The van der Waals surface area contributed by atoms with Crippen LogP contribution >= 0.6 is 0 Å². The van der Waals surface area contributed by atoms with Gasteiger partial charge in [-0.3, -0.25) is 0 Å². The van der Waals surface area contributed by atoms with E-state index in [9.17, 15) is 0 Å². The van der Waals surface area contributed by atoms with Crippen molar-refractivity contribution in [2.45, 2.75) is 19.4 Å². The first kappa shape index (κ1) is 9.28. The first-order valence-corrected chi connectivity index (χ1v) is 5.04. The molecule has 0 aliphatic heterocycles. The number of aryl methyl sites for hydroxylation is 1. The maximum Gasteiger partial charge on any atom is 0.0480 e. The summed E-state index contributed by atoms with van der Waals surface area (Å²) in [6.07, 6.45) is 0.976. The van der Waals surface area contributed by atoms with Crippen LogP contribution in [0, 0.1) is 0 Å². The lowest BCUT2D eigenvalue weighted by Crippen LogP contribution is -2.12. The number of fused-ring (bicyclic) bond motifs is 1. The molecule has 74 valence electrons. The van der Waals surface area contributed by atoms with Crippen LogP contribution in [-0.2, 0) is 7.05 Å². The lowest BCUT2D eigenvalue weighted by atomic mass is 10.1. The first-order valence-electron chi connectivity index (χ1n) is 5.04. The Labute approximate surface area is 84.3 Å². The predicted octanol–water partition coefficient (Wildman–Crippen LogP) is 2.59. The molecule has 0 saturated heterocycles. The van der Waals surface area contributed by atoms with Crippen LogP contribution in [0.2, 0.25) is 0 Å². The maximum absolute atomic E-state index is 6.04. The molecule has 0 fully saturated rings. The van der Waals surface area contributed by atoms with E-state index in [2.05, 4.69) is 48.9 Å². The number of benzene rings is 1. The summed E-state index contributed by atoms with van der Waals surface area (Å²) in [5.74, 6) is 0. The third kappa shape index (κ3) is 1.32. The predicted molar refractivity (Wildman–Crippen MR) is 60.1 cm³/mol. The molecule has 0 spiro atoms. The van der Waals surface area contributed by atoms with Crippen LogP contribution < -0.4 is 5.73 Å². The summed E-state index contributed by atoms with van der Waals surface area (Å²) < 4.78 is 2.18. The number of hydrogen-bond donors (Lipinski definition) is 1. The van der Waals surface area contributed by atoms with Gasteiger partial charge in [0.15, 0.2) is 0 Å². The van der Waals surface area contributed by atoms with E-state index < -0.39 is 0 Å². The Balaban J connectivity index is 2.62. The summed E-state index contributed by atoms with van der Waals surface area (Å²) >= 11 is 0. The number of rotatable bonds is 2. The van der Waals surface area contributed by atoms with Gasteiger partial charge in [-0.2, -0.15) is 0 Å². The van der Waals surface area contributed by atoms with Crippen molar-refractivity contribution in [3.05, 3.63) is 36.0 Å². The molecular formula is C12H16N2. The summed E-state index contributed by atoms with van der Waals surface area (Å²) in [6, 6.07) is 10.7. The van der Waals surface area contributed by atoms with Crippen molar-refractivity contribution in [1.29, 1.82) is 0 Å². The highest BCUT2D eigenvalue weighted by Gasteiger charge is 2.10. The van der Waals surface area contributed by atoms with Crippen molar-refractivity contribution in [2.24, 2.45) is 12.8 Å². The Kier molecular flexibility index (Phi) is 2.30. The van der Waals surface area contributed by atoms with Gasteiger partial charge in [-0.1, -0.05) is 25.1 Å². The van der Waals surface area contributed by atoms with Gasteiger partial charge >= 0.3 is 0 Å². The van der Waals surface area contributed by atoms with Gasteiger partial charge in [-0.05, 0) is 23.9 Å². The molecule has 1 aromatic carbocycles. The van der Waals surface area contributed by atoms with Crippen molar-refractivity contribution in [3.63, 3.8) is 0 Å². The summed E-state index contributed by atoms with van der Waals surface area (Å²) in [5.41, 5.74) is 8.51. The molecule has 0 saturated carbocycles. The Bertz CT molecular complexity index is 443. The first-order chi connectivity index (χ1) is 6.74. The molecule has 2 nitrogen and oxygen atoms in total. The van der Waals surface area contributed by atoms with Gasteiger partial charge in [0, 0.05) is 24.3 Å². The number of nitrogens with zero attached hydrogens (tertiary/aromatic N) is 1. The molecule has 2 N–H and O–H groups in total. The van der Waals surface area contributed by atoms with E-state index in [1.54, 1.807) is 0 Å². The average molecular weight is 188 g/mol. The third-order valence-corrected chi connectivity index (χ3v) is 2.81. The highest BCUT2D eigenvalue weighted by molar-refractivity contribution is 5.81. The van der Waals surface area contributed by atoms with E-state index >= 15 is 0 Å². The van der Waals surface area contributed by atoms with Crippen LogP contribution in [0.3, 0.4) is 0 Å². The molecule has 0 aliphatic rings. The second-order valence-electron chi connectivity index (χ2n) is 3.70. The van der Waals surface area contributed by atoms with Gasteiger partial charge in [0.1, 0.15) is 0 Å². The second-order valence-corrected chi connectivity index (χ2v) is 3.70. The van der Waals surface area contributed by atoms with E-state index in [0.29, 0.717) is 0 Å². The third-order valence-electron chi connectivity index (χ3n) is 2.81. The zero-order valence-electron chi connectivity index (χ0n) is 8.70. The molecule has 1 heterocycles. The Morgan fingerprint density at radius 3 is 2.71 bits per heavy atom. The molecule has 0 radical (unpaired) electrons. The molecule has 0 unspecified atom stereocenters. The number of hydrogen-bond acceptors (Lipinski definition) is 1. The molecular weight excluding hydrogens is 172 g/mol. The summed E-state index contributed by atoms with van der Waals surface area (Å²) in [6.45, 7) is 2.11. The summed E-state index contributed by atoms with van der Waals surface area (Å²) in [4.78, 5) is 0. The molecule has 2 rings (SSSR count). The fraction of sp³-hybridized carbons (Fsp3) is 0.333. The van der Waals surface area contributed by atoms with Gasteiger partial charge < -0.3 is 10.3 Å². The van der Waals surface area contributed by atoms with Crippen LogP contribution in [0.15, 0.2) is 30.3 Å². The Hall–Kier alpha value is -1.28. The lowest BCUT2D eigenvalue weighted by molar-refractivity contribution is 0.646. The van der Waals surface area contributed by atoms with Crippen molar-refractivity contribution in [3.8, 4) is 0 Å². The Morgan fingerprint density at radius 2 is 2.07 bits per heavy atom. The van der Waals surface area contributed by atoms with Crippen molar-refractivity contribution >= 4 is 10.9 Å². The van der Waals surface area contributed by atoms with E-state index in [4.69, 9.17) is 5.73 Å². The highest BCUT2D eigenvalue weighted by atomic mass is 15.0. The fourth-order valence-electron chi connectivity index (χ4n) is 1.88. The molecule has 2 aromatic rings. The van der Waals surface area contributed by atoms with E-state index in [0.717, 1.165) is 6.42 Å². The smallest absolute Gasteiger partial charge is 0.0480 e. The lowest BCUT2D eigenvalue weighted by Gasteiger charge is -2.10. The molecule has 0 bridgehead atoms. The zero-order chi connectivity index (χ0) is 10.1. The van der Waals surface area contributed by atoms with Gasteiger partial charge in [-0.15, -0.1) is 0 Å². The molecule has 1 aromatic heterocycles. The maximum atomic E-state index is 6.04. The van der Waals surface area contributed by atoms with Gasteiger partial charge in [0.2, 0.25) is 0 Å². The minimum absolute atomic E-state index is 0.146. The van der Waals surface area contributed by atoms with Crippen LogP contribution in [-0.4, -0.2) is 4.57 Å². The molecule has 0 aliphatic carbocycles. The molecule has 0 amide bonds. The summed E-state index contributed by atoms with van der Waals surface area (Å²) in [7, 11) is 2.08. The molecule has 2 heteroatoms. The minimum Gasteiger partial charge on any atom is -0.346 e. The molecule has 1 atom stereocenters. The topological polar surface area (TPSA) is 30.9 Å². The van der Waals surface area contributed by atoms with E-state index in [1.807, 2.05) is 0 Å². The van der Waals surface area contributed by atoms with Crippen LogP contribution in [0.25, 0.3) is 10.9 Å². The number of aromatic nitrogens is 1. The Morgan fingerprint density at radius 1 is 1.36 bits per heavy atom. The average Bonchev–Trinajstić information content (AvgIpc) is 2.56. The highest BCUT2D eigenvalue weighted by Crippen LogP contribution is 2.23. The van der Waals surface area contributed by atoms with Crippen LogP contribution in [0.5, 0.6) is 0 Å². The zero-order valence-corrected chi connectivity index (χ0v) is 8.70. The minimum atomic E-state index is 0.146. The normalized spacial score (nSPS) is 13.4. The largest absolute Gasteiger partial charge is 0.346 e. The van der Waals surface area contributed by atoms with Gasteiger partial charge in [-0.25, -0.2) is 0 Å². The van der Waals surface area contributed by atoms with Crippen molar-refractivity contribution in [2.75, 3.05) is 0 Å². The quantitative estimate of drug-likeness (QED) is 0.771. The van der Waals surface area contributed by atoms with Crippen LogP contribution in [0.1, 0.15) is 25.1 Å². The van der Waals surface area contributed by atoms with Crippen molar-refractivity contribution < 1.29 is 0 Å². The standard InChI is InChI=1S/C12H16N2/c1-3-10(13)12-8-9-6-4-5-7-11(9)14(12)2/h4-8,10H,3,13H2,1-2H3/t10-/m0/s1.